The quantitative estimate of drug-likeness (QED) is 0.617. The zero-order valence-corrected chi connectivity index (χ0v) is 15.6. The van der Waals surface area contributed by atoms with Gasteiger partial charge in [0.15, 0.2) is 0 Å². The van der Waals surface area contributed by atoms with Gasteiger partial charge in [-0.2, -0.15) is 0 Å². The molecule has 0 aliphatic carbocycles. The largest absolute Gasteiger partial charge is 0.366 e. The van der Waals surface area contributed by atoms with Crippen molar-refractivity contribution in [1.82, 2.24) is 0 Å². The summed E-state index contributed by atoms with van der Waals surface area (Å²) in [5.74, 6) is 0.201. The summed E-state index contributed by atoms with van der Waals surface area (Å²) < 4.78 is 14.8. The highest BCUT2D eigenvalue weighted by Gasteiger charge is 2.36. The van der Waals surface area contributed by atoms with Crippen molar-refractivity contribution in [2.75, 3.05) is 11.4 Å². The minimum absolute atomic E-state index is 0.0501. The molecule has 1 heterocycles. The molecule has 1 unspecified atom stereocenters. The average Bonchev–Trinajstić information content (AvgIpc) is 2.57. The fraction of sp³-hybridized carbons (Fsp3) is 0.409. The Morgan fingerprint density at radius 2 is 1.96 bits per heavy atom. The molecule has 3 heteroatoms. The number of anilines is 1. The zero-order valence-electron chi connectivity index (χ0n) is 15.6. The van der Waals surface area contributed by atoms with Crippen molar-refractivity contribution < 1.29 is 4.39 Å². The normalized spacial score (nSPS) is 19.2. The maximum Gasteiger partial charge on any atom is 0.134 e. The molecule has 1 aliphatic rings. The van der Waals surface area contributed by atoms with Gasteiger partial charge >= 0.3 is 0 Å². The van der Waals surface area contributed by atoms with Crippen LogP contribution in [0, 0.1) is 5.82 Å². The number of fused-ring (bicyclic) bond motifs is 1. The van der Waals surface area contributed by atoms with Gasteiger partial charge in [0, 0.05) is 29.5 Å². The van der Waals surface area contributed by atoms with Gasteiger partial charge in [-0.25, -0.2) is 4.39 Å². The van der Waals surface area contributed by atoms with Crippen LogP contribution < -0.4 is 4.90 Å². The molecule has 0 aromatic heterocycles. The van der Waals surface area contributed by atoms with E-state index in [0.29, 0.717) is 11.5 Å². The Morgan fingerprint density at radius 3 is 2.64 bits per heavy atom. The van der Waals surface area contributed by atoms with E-state index in [2.05, 4.69) is 37.6 Å². The number of rotatable bonds is 4. The molecule has 1 aliphatic heterocycles. The van der Waals surface area contributed by atoms with E-state index >= 15 is 0 Å². The highest BCUT2D eigenvalue weighted by atomic mass is 19.1. The first-order chi connectivity index (χ1) is 11.9. The highest BCUT2D eigenvalue weighted by Crippen LogP contribution is 2.44. The Balaban J connectivity index is 2.00. The molecule has 0 N–H and O–H groups in total. The van der Waals surface area contributed by atoms with Gasteiger partial charge in [0.25, 0.3) is 0 Å². The topological polar surface area (TPSA) is 15.6 Å². The molecule has 2 nitrogen and oxygen atoms in total. The number of aliphatic imine (C=N–C) groups is 1. The molecule has 0 radical (unpaired) electrons. The molecule has 132 valence electrons. The minimum atomic E-state index is -0.204. The lowest BCUT2D eigenvalue weighted by Gasteiger charge is -2.47. The molecule has 1 atom stereocenters. The third-order valence-corrected chi connectivity index (χ3v) is 5.06. The second kappa shape index (κ2) is 6.99. The number of halogens is 1. The van der Waals surface area contributed by atoms with E-state index in [4.69, 9.17) is 0 Å². The minimum Gasteiger partial charge on any atom is -0.366 e. The van der Waals surface area contributed by atoms with E-state index in [1.807, 2.05) is 36.4 Å². The van der Waals surface area contributed by atoms with E-state index in [1.54, 1.807) is 12.3 Å². The van der Waals surface area contributed by atoms with E-state index in [1.165, 1.54) is 5.56 Å². The van der Waals surface area contributed by atoms with Crippen molar-refractivity contribution in [3.8, 4) is 0 Å². The van der Waals surface area contributed by atoms with Gasteiger partial charge in [-0.1, -0.05) is 32.0 Å². The first kappa shape index (κ1) is 17.7. The molecular formula is C22H27FN2. The Bertz CT molecular complexity index is 765. The lowest BCUT2D eigenvalue weighted by atomic mass is 9.79. The second-order valence-electron chi connectivity index (χ2n) is 7.60. The van der Waals surface area contributed by atoms with Crippen molar-refractivity contribution in [2.45, 2.75) is 52.0 Å². The van der Waals surface area contributed by atoms with Crippen molar-refractivity contribution in [3.63, 3.8) is 0 Å². The Kier molecular flexibility index (Phi) is 4.94. The van der Waals surface area contributed by atoms with Crippen molar-refractivity contribution >= 4 is 17.6 Å². The zero-order chi connectivity index (χ0) is 18.0. The average molecular weight is 338 g/mol. The number of hydrogen-bond acceptors (Lipinski definition) is 2. The number of hydrogen-bond donors (Lipinski definition) is 0. The van der Waals surface area contributed by atoms with E-state index in [-0.39, 0.29) is 11.4 Å². The Hall–Kier alpha value is -2.16. The standard InChI is InChI=1S/C22H27FN2/c1-5-11-25-21-13-20(23)17(15-24-18-9-7-6-8-10-18)12-19(21)16(2)14-22(25,3)4/h6-10,12-13,15-16H,5,11,14H2,1-4H3. The van der Waals surface area contributed by atoms with Crippen LogP contribution in [0.1, 0.15) is 57.6 Å². The molecule has 2 aromatic carbocycles. The van der Waals surface area contributed by atoms with Crippen molar-refractivity contribution in [2.24, 2.45) is 4.99 Å². The number of nitrogens with zero attached hydrogens (tertiary/aromatic N) is 2. The molecule has 0 spiro atoms. The van der Waals surface area contributed by atoms with E-state index in [0.717, 1.165) is 30.8 Å². The maximum atomic E-state index is 14.8. The van der Waals surface area contributed by atoms with Gasteiger partial charge in [-0.15, -0.1) is 0 Å². The monoisotopic (exact) mass is 338 g/mol. The summed E-state index contributed by atoms with van der Waals surface area (Å²) in [7, 11) is 0. The van der Waals surface area contributed by atoms with Crippen LogP contribution in [0.25, 0.3) is 0 Å². The fourth-order valence-corrected chi connectivity index (χ4v) is 3.92. The van der Waals surface area contributed by atoms with Gasteiger partial charge in [-0.05, 0) is 62.4 Å². The summed E-state index contributed by atoms with van der Waals surface area (Å²) in [4.78, 5) is 6.78. The molecular weight excluding hydrogens is 311 g/mol. The third kappa shape index (κ3) is 3.60. The fourth-order valence-electron chi connectivity index (χ4n) is 3.92. The number of para-hydroxylation sites is 1. The predicted molar refractivity (Wildman–Crippen MR) is 105 cm³/mol. The first-order valence-corrected chi connectivity index (χ1v) is 9.12. The summed E-state index contributed by atoms with van der Waals surface area (Å²) in [6.07, 6.45) is 3.76. The summed E-state index contributed by atoms with van der Waals surface area (Å²) >= 11 is 0. The van der Waals surface area contributed by atoms with Gasteiger partial charge in [0.05, 0.1) is 5.69 Å². The molecule has 0 saturated heterocycles. The SMILES string of the molecule is CCCN1c2cc(F)c(C=Nc3ccccc3)cc2C(C)CC1(C)C. The van der Waals surface area contributed by atoms with Gasteiger partial charge in [0.1, 0.15) is 5.82 Å². The Labute approximate surface area is 150 Å². The van der Waals surface area contributed by atoms with E-state index < -0.39 is 0 Å². The maximum absolute atomic E-state index is 14.8. The third-order valence-electron chi connectivity index (χ3n) is 5.06. The van der Waals surface area contributed by atoms with Gasteiger partial charge < -0.3 is 4.90 Å². The predicted octanol–water partition coefficient (Wildman–Crippen LogP) is 6.08. The Morgan fingerprint density at radius 1 is 1.24 bits per heavy atom. The summed E-state index contributed by atoms with van der Waals surface area (Å²) in [5, 5.41) is 0. The van der Waals surface area contributed by atoms with Crippen LogP contribution >= 0.6 is 0 Å². The van der Waals surface area contributed by atoms with Crippen LogP contribution in [-0.4, -0.2) is 18.3 Å². The molecule has 2 aromatic rings. The second-order valence-corrected chi connectivity index (χ2v) is 7.60. The molecule has 0 saturated carbocycles. The molecule has 0 fully saturated rings. The summed E-state index contributed by atoms with van der Waals surface area (Å²) in [6.45, 7) is 9.87. The van der Waals surface area contributed by atoms with Crippen LogP contribution in [0.3, 0.4) is 0 Å². The van der Waals surface area contributed by atoms with E-state index in [9.17, 15) is 4.39 Å². The molecule has 0 amide bonds. The van der Waals surface area contributed by atoms with Crippen LogP contribution in [0.4, 0.5) is 15.8 Å². The van der Waals surface area contributed by atoms with Gasteiger partial charge in [0.2, 0.25) is 0 Å². The lowest BCUT2D eigenvalue weighted by Crippen LogP contribution is -2.48. The van der Waals surface area contributed by atoms with Gasteiger partial charge in [-0.3, -0.25) is 4.99 Å². The van der Waals surface area contributed by atoms with Crippen molar-refractivity contribution in [3.05, 3.63) is 59.4 Å². The number of benzene rings is 2. The summed E-state index contributed by atoms with van der Waals surface area (Å²) in [5.41, 5.74) is 3.71. The lowest BCUT2D eigenvalue weighted by molar-refractivity contribution is 0.375. The van der Waals surface area contributed by atoms with Crippen molar-refractivity contribution in [1.29, 1.82) is 0 Å². The molecule has 25 heavy (non-hydrogen) atoms. The smallest absolute Gasteiger partial charge is 0.134 e. The summed E-state index contributed by atoms with van der Waals surface area (Å²) in [6, 6.07) is 13.3. The first-order valence-electron chi connectivity index (χ1n) is 9.12. The van der Waals surface area contributed by atoms with Crippen LogP contribution in [0.15, 0.2) is 47.5 Å². The van der Waals surface area contributed by atoms with Crippen LogP contribution in [0.5, 0.6) is 0 Å². The highest BCUT2D eigenvalue weighted by molar-refractivity contribution is 5.84. The molecule has 0 bridgehead atoms. The van der Waals surface area contributed by atoms with Crippen LogP contribution in [-0.2, 0) is 0 Å². The van der Waals surface area contributed by atoms with Crippen LogP contribution in [0.2, 0.25) is 0 Å². The molecule has 3 rings (SSSR count).